The molecule has 0 spiro atoms. The van der Waals surface area contributed by atoms with Crippen LogP contribution in [0.1, 0.15) is 12.5 Å². The van der Waals surface area contributed by atoms with Gasteiger partial charge in [-0.1, -0.05) is 35.3 Å². The Bertz CT molecular complexity index is 1040. The number of carbonyl (C=O) groups excluding carboxylic acids is 1. The molecule has 2 aromatic rings. The van der Waals surface area contributed by atoms with Crippen molar-refractivity contribution in [3.8, 4) is 11.8 Å². The maximum absolute atomic E-state index is 12.7. The van der Waals surface area contributed by atoms with Gasteiger partial charge in [0.25, 0.3) is 5.91 Å². The molecular formula is C19H16Cl2N2O4S. The third kappa shape index (κ3) is 5.49. The lowest BCUT2D eigenvalue weighted by atomic mass is 10.2. The number of carbonyl (C=O) groups is 1. The van der Waals surface area contributed by atoms with Crippen LogP contribution in [-0.4, -0.2) is 27.5 Å². The molecule has 0 radical (unpaired) electrons. The summed E-state index contributed by atoms with van der Waals surface area (Å²) in [5.41, 5.74) is 0.462. The second-order valence-electron chi connectivity index (χ2n) is 5.51. The summed E-state index contributed by atoms with van der Waals surface area (Å²) in [7, 11) is -4.14. The van der Waals surface area contributed by atoms with Gasteiger partial charge in [0, 0.05) is 11.6 Å². The first-order valence-electron chi connectivity index (χ1n) is 8.09. The van der Waals surface area contributed by atoms with Crippen LogP contribution in [0.5, 0.6) is 5.75 Å². The van der Waals surface area contributed by atoms with Crippen molar-refractivity contribution in [1.29, 1.82) is 5.26 Å². The zero-order valence-electron chi connectivity index (χ0n) is 14.8. The molecule has 0 bridgehead atoms. The van der Waals surface area contributed by atoms with Gasteiger partial charge in [0.05, 0.1) is 9.92 Å². The number of halogens is 2. The highest BCUT2D eigenvalue weighted by atomic mass is 35.5. The number of nitrogens with zero attached hydrogens (tertiary/aromatic N) is 1. The predicted octanol–water partition coefficient (Wildman–Crippen LogP) is 3.85. The molecule has 0 aliphatic rings. The fraction of sp³-hybridized carbons (Fsp3) is 0.158. The van der Waals surface area contributed by atoms with Gasteiger partial charge < -0.3 is 10.1 Å². The molecule has 146 valence electrons. The van der Waals surface area contributed by atoms with E-state index in [1.165, 1.54) is 24.3 Å². The van der Waals surface area contributed by atoms with Crippen molar-refractivity contribution in [3.63, 3.8) is 0 Å². The lowest BCUT2D eigenvalue weighted by molar-refractivity contribution is -0.122. The fourth-order valence-corrected chi connectivity index (χ4v) is 4.09. The molecule has 1 N–H and O–H groups in total. The van der Waals surface area contributed by atoms with Crippen LogP contribution in [0.4, 0.5) is 0 Å². The number of hydrogen-bond donors (Lipinski definition) is 1. The number of rotatable bonds is 7. The molecule has 6 nitrogen and oxygen atoms in total. The summed E-state index contributed by atoms with van der Waals surface area (Å²) >= 11 is 11.8. The normalized spacial score (nSPS) is 11.6. The van der Waals surface area contributed by atoms with Crippen LogP contribution in [0.2, 0.25) is 10.0 Å². The second kappa shape index (κ2) is 9.60. The molecule has 0 aliphatic heterocycles. The summed E-state index contributed by atoms with van der Waals surface area (Å²) < 4.78 is 30.8. The average Bonchev–Trinajstić information content (AvgIpc) is 2.67. The maximum atomic E-state index is 12.7. The highest BCUT2D eigenvalue weighted by molar-refractivity contribution is 7.95. The van der Waals surface area contributed by atoms with E-state index < -0.39 is 14.7 Å². The van der Waals surface area contributed by atoms with Gasteiger partial charge in [-0.3, -0.25) is 4.79 Å². The Morgan fingerprint density at radius 2 is 1.89 bits per heavy atom. The number of allylic oxidation sites excluding steroid dienone is 1. The first-order valence-corrected chi connectivity index (χ1v) is 10.3. The Kier molecular flexibility index (Phi) is 7.46. The minimum Gasteiger partial charge on any atom is -0.484 e. The van der Waals surface area contributed by atoms with Crippen LogP contribution >= 0.6 is 23.2 Å². The van der Waals surface area contributed by atoms with Crippen molar-refractivity contribution in [2.75, 3.05) is 13.2 Å². The van der Waals surface area contributed by atoms with Gasteiger partial charge in [-0.25, -0.2) is 8.42 Å². The molecule has 0 aromatic heterocycles. The topological polar surface area (TPSA) is 96.3 Å². The quantitative estimate of drug-likeness (QED) is 0.662. The maximum Gasteiger partial charge on any atom is 0.257 e. The molecule has 0 fully saturated rings. The van der Waals surface area contributed by atoms with Gasteiger partial charge in [0.15, 0.2) is 6.61 Å². The fourth-order valence-electron chi connectivity index (χ4n) is 2.18. The van der Waals surface area contributed by atoms with Crippen molar-refractivity contribution < 1.29 is 17.9 Å². The van der Waals surface area contributed by atoms with Crippen LogP contribution in [0.25, 0.3) is 6.08 Å². The number of nitrogens with one attached hydrogen (secondary N) is 1. The van der Waals surface area contributed by atoms with Crippen LogP contribution in [0, 0.1) is 11.3 Å². The Labute approximate surface area is 173 Å². The lowest BCUT2D eigenvalue weighted by Gasteiger charge is -2.07. The molecule has 9 heteroatoms. The third-order valence-corrected chi connectivity index (χ3v) is 5.89. The second-order valence-corrected chi connectivity index (χ2v) is 8.24. The molecule has 2 rings (SSSR count). The first-order chi connectivity index (χ1) is 13.3. The van der Waals surface area contributed by atoms with E-state index in [1.54, 1.807) is 37.3 Å². The molecule has 0 aliphatic carbocycles. The molecule has 0 unspecified atom stereocenters. The van der Waals surface area contributed by atoms with E-state index in [4.69, 9.17) is 27.9 Å². The predicted molar refractivity (Wildman–Crippen MR) is 108 cm³/mol. The number of nitriles is 1. The van der Waals surface area contributed by atoms with Crippen LogP contribution in [-0.2, 0) is 14.6 Å². The minimum absolute atomic E-state index is 0.0281. The summed E-state index contributed by atoms with van der Waals surface area (Å²) in [5, 5.41) is 12.1. The number of amides is 1. The molecule has 0 heterocycles. The summed E-state index contributed by atoms with van der Waals surface area (Å²) in [4.78, 5) is 10.7. The summed E-state index contributed by atoms with van der Waals surface area (Å²) in [5.74, 6) is 0.186. The van der Waals surface area contributed by atoms with Crippen molar-refractivity contribution in [3.05, 3.63) is 63.0 Å². The van der Waals surface area contributed by atoms with Gasteiger partial charge in [0.2, 0.25) is 9.84 Å². The number of benzene rings is 2. The van der Waals surface area contributed by atoms with Gasteiger partial charge in [0.1, 0.15) is 16.7 Å². The number of ether oxygens (including phenoxy) is 1. The Hall–Kier alpha value is -2.53. The van der Waals surface area contributed by atoms with E-state index in [0.29, 0.717) is 17.9 Å². The Balaban J connectivity index is 2.26. The largest absolute Gasteiger partial charge is 0.484 e. The zero-order valence-corrected chi connectivity index (χ0v) is 17.1. The van der Waals surface area contributed by atoms with Gasteiger partial charge in [-0.2, -0.15) is 5.26 Å². The van der Waals surface area contributed by atoms with Crippen LogP contribution in [0.15, 0.2) is 52.3 Å². The summed E-state index contributed by atoms with van der Waals surface area (Å²) in [6.45, 7) is 2.18. The number of hydrogen-bond acceptors (Lipinski definition) is 5. The van der Waals surface area contributed by atoms with Gasteiger partial charge in [-0.05, 0) is 48.9 Å². The van der Waals surface area contributed by atoms with Crippen LogP contribution < -0.4 is 10.1 Å². The SMILES string of the molecule is CCNC(=O)COc1ccc(/C=C(\C#N)S(=O)(=O)c2cc(Cl)ccc2Cl)cc1. The Morgan fingerprint density at radius 1 is 1.21 bits per heavy atom. The number of sulfone groups is 1. The van der Waals surface area contributed by atoms with E-state index in [2.05, 4.69) is 5.32 Å². The summed E-state index contributed by atoms with van der Waals surface area (Å²) in [6.07, 6.45) is 1.22. The standard InChI is InChI=1S/C19H16Cl2N2O4S/c1-2-23-19(24)12-27-15-6-3-13(4-7-15)9-16(11-22)28(25,26)18-10-14(20)5-8-17(18)21/h3-10H,2,12H2,1H3,(H,23,24)/b16-9+. The minimum atomic E-state index is -4.14. The molecule has 28 heavy (non-hydrogen) atoms. The van der Waals surface area contributed by atoms with Gasteiger partial charge >= 0.3 is 0 Å². The molecule has 0 atom stereocenters. The van der Waals surface area contributed by atoms with Gasteiger partial charge in [-0.15, -0.1) is 0 Å². The molecule has 0 saturated heterocycles. The van der Waals surface area contributed by atoms with E-state index >= 15 is 0 Å². The third-order valence-electron chi connectivity index (χ3n) is 3.50. The van der Waals surface area contributed by atoms with E-state index in [-0.39, 0.29) is 27.5 Å². The molecule has 2 aromatic carbocycles. The molecule has 0 saturated carbocycles. The van der Waals surface area contributed by atoms with Crippen LogP contribution in [0.3, 0.4) is 0 Å². The van der Waals surface area contributed by atoms with E-state index in [9.17, 15) is 18.5 Å². The van der Waals surface area contributed by atoms with Crippen molar-refractivity contribution in [1.82, 2.24) is 5.32 Å². The monoisotopic (exact) mass is 438 g/mol. The highest BCUT2D eigenvalue weighted by Crippen LogP contribution is 2.30. The van der Waals surface area contributed by atoms with Crippen molar-refractivity contribution in [2.24, 2.45) is 0 Å². The zero-order chi connectivity index (χ0) is 20.7. The number of likely N-dealkylation sites (N-methyl/N-ethyl adjacent to an activating group) is 1. The van der Waals surface area contributed by atoms with E-state index in [0.717, 1.165) is 0 Å². The van der Waals surface area contributed by atoms with Crippen molar-refractivity contribution in [2.45, 2.75) is 11.8 Å². The first kappa shape index (κ1) is 21.8. The van der Waals surface area contributed by atoms with E-state index in [1.807, 2.05) is 0 Å². The Morgan fingerprint density at radius 3 is 2.50 bits per heavy atom. The average molecular weight is 439 g/mol. The molecule has 1 amide bonds. The highest BCUT2D eigenvalue weighted by Gasteiger charge is 2.24. The molecular weight excluding hydrogens is 423 g/mol. The smallest absolute Gasteiger partial charge is 0.257 e. The lowest BCUT2D eigenvalue weighted by Crippen LogP contribution is -2.28. The summed E-state index contributed by atoms with van der Waals surface area (Å²) in [6, 6.07) is 12.0. The van der Waals surface area contributed by atoms with Crippen molar-refractivity contribution >= 4 is 45.0 Å².